The van der Waals surface area contributed by atoms with E-state index in [1.165, 1.54) is 12.8 Å². The highest BCUT2D eigenvalue weighted by molar-refractivity contribution is 5.78. The van der Waals surface area contributed by atoms with E-state index in [0.717, 1.165) is 12.3 Å². The van der Waals surface area contributed by atoms with E-state index in [4.69, 9.17) is 0 Å². The van der Waals surface area contributed by atoms with Gasteiger partial charge in [-0.2, -0.15) is 0 Å². The first-order chi connectivity index (χ1) is 6.09. The van der Waals surface area contributed by atoms with Gasteiger partial charge < -0.3 is 4.90 Å². The number of hydrogen-bond acceptors (Lipinski definition) is 1. The van der Waals surface area contributed by atoms with Gasteiger partial charge in [0.05, 0.1) is 0 Å². The van der Waals surface area contributed by atoms with Crippen LogP contribution in [0.3, 0.4) is 0 Å². The average molecular weight is 181 g/mol. The summed E-state index contributed by atoms with van der Waals surface area (Å²) in [5, 5.41) is 0. The van der Waals surface area contributed by atoms with Crippen LogP contribution in [0, 0.1) is 11.8 Å². The van der Waals surface area contributed by atoms with Crippen molar-refractivity contribution < 1.29 is 4.79 Å². The van der Waals surface area contributed by atoms with Crippen molar-refractivity contribution in [3.8, 4) is 0 Å². The quantitative estimate of drug-likeness (QED) is 0.638. The van der Waals surface area contributed by atoms with Crippen molar-refractivity contribution in [1.82, 2.24) is 4.90 Å². The first-order valence-corrected chi connectivity index (χ1v) is 5.40. The molecule has 0 aromatic rings. The van der Waals surface area contributed by atoms with E-state index in [0.29, 0.717) is 23.9 Å². The molecular formula is C11H19NO. The second-order valence-corrected chi connectivity index (χ2v) is 4.91. The van der Waals surface area contributed by atoms with Crippen molar-refractivity contribution in [3.63, 3.8) is 0 Å². The van der Waals surface area contributed by atoms with Crippen LogP contribution in [-0.2, 0) is 4.79 Å². The Bertz CT molecular complexity index is 218. The minimum Gasteiger partial charge on any atom is -0.337 e. The zero-order chi connectivity index (χ0) is 9.59. The predicted octanol–water partition coefficient (Wildman–Crippen LogP) is 2.04. The Morgan fingerprint density at radius 2 is 1.77 bits per heavy atom. The minimum atomic E-state index is 0.389. The average Bonchev–Trinajstić information content (AvgIpc) is 2.65. The van der Waals surface area contributed by atoms with Crippen LogP contribution in [0.4, 0.5) is 0 Å². The molecule has 2 nitrogen and oxygen atoms in total. The molecule has 1 aliphatic carbocycles. The number of hydrogen-bond donors (Lipinski definition) is 0. The van der Waals surface area contributed by atoms with Crippen LogP contribution in [0.5, 0.6) is 0 Å². The summed E-state index contributed by atoms with van der Waals surface area (Å²) in [6.45, 7) is 6.53. The topological polar surface area (TPSA) is 20.3 Å². The summed E-state index contributed by atoms with van der Waals surface area (Å²) in [6, 6.07) is 0.994. The molecule has 1 heterocycles. The molecule has 4 unspecified atom stereocenters. The summed E-state index contributed by atoms with van der Waals surface area (Å²) in [5.74, 6) is 1.89. The molecule has 74 valence electrons. The third-order valence-corrected chi connectivity index (χ3v) is 3.63. The van der Waals surface area contributed by atoms with Gasteiger partial charge in [0.2, 0.25) is 5.91 Å². The fourth-order valence-electron chi connectivity index (χ4n) is 2.52. The van der Waals surface area contributed by atoms with Gasteiger partial charge in [0.25, 0.3) is 0 Å². The fraction of sp³-hybridized carbons (Fsp3) is 0.909. The third-order valence-electron chi connectivity index (χ3n) is 3.63. The highest BCUT2D eigenvalue weighted by Crippen LogP contribution is 2.41. The molecule has 2 rings (SSSR count). The molecule has 0 aromatic heterocycles. The lowest BCUT2D eigenvalue weighted by molar-refractivity contribution is -0.143. The van der Waals surface area contributed by atoms with Crippen LogP contribution in [0.15, 0.2) is 0 Å². The molecule has 0 bridgehead atoms. The predicted molar refractivity (Wildman–Crippen MR) is 52.3 cm³/mol. The highest BCUT2D eigenvalue weighted by Gasteiger charge is 2.40. The summed E-state index contributed by atoms with van der Waals surface area (Å²) in [5.41, 5.74) is 0. The Labute approximate surface area is 80.3 Å². The smallest absolute Gasteiger partial charge is 0.223 e. The minimum absolute atomic E-state index is 0.389. The maximum Gasteiger partial charge on any atom is 0.223 e. The molecule has 2 fully saturated rings. The molecule has 4 atom stereocenters. The Balaban J connectivity index is 1.83. The lowest BCUT2D eigenvalue weighted by Crippen LogP contribution is -2.55. The molecule has 1 saturated heterocycles. The summed E-state index contributed by atoms with van der Waals surface area (Å²) < 4.78 is 0. The molecule has 0 aromatic carbocycles. The van der Waals surface area contributed by atoms with Gasteiger partial charge in [-0.1, -0.05) is 6.92 Å². The number of rotatable bonds is 2. The Kier molecular flexibility index (Phi) is 2.09. The van der Waals surface area contributed by atoms with Crippen molar-refractivity contribution in [2.45, 2.75) is 52.1 Å². The second kappa shape index (κ2) is 3.00. The van der Waals surface area contributed by atoms with Crippen LogP contribution in [-0.4, -0.2) is 22.9 Å². The molecule has 2 heteroatoms. The molecule has 0 spiro atoms. The second-order valence-electron chi connectivity index (χ2n) is 4.91. The zero-order valence-corrected chi connectivity index (χ0v) is 8.79. The van der Waals surface area contributed by atoms with E-state index in [2.05, 4.69) is 25.7 Å². The Hall–Kier alpha value is -0.530. The Morgan fingerprint density at radius 3 is 2.15 bits per heavy atom. The van der Waals surface area contributed by atoms with Gasteiger partial charge in [0.1, 0.15) is 0 Å². The molecular weight excluding hydrogens is 162 g/mol. The van der Waals surface area contributed by atoms with Crippen molar-refractivity contribution in [2.75, 3.05) is 0 Å². The largest absolute Gasteiger partial charge is 0.337 e. The van der Waals surface area contributed by atoms with E-state index in [1.54, 1.807) is 0 Å². The normalized spacial score (nSPS) is 42.8. The molecule has 1 amide bonds. The van der Waals surface area contributed by atoms with Gasteiger partial charge in [-0.3, -0.25) is 4.79 Å². The number of amides is 1. The lowest BCUT2D eigenvalue weighted by Gasteiger charge is -2.45. The van der Waals surface area contributed by atoms with Gasteiger partial charge in [-0.15, -0.1) is 0 Å². The standard InChI is InChI=1S/C11H19NO/c1-7-4-10(7)6-11(13)12-8(2)5-9(12)3/h7-10H,4-6H2,1-3H3. The molecule has 0 radical (unpaired) electrons. The summed E-state index contributed by atoms with van der Waals surface area (Å²) >= 11 is 0. The molecule has 1 saturated carbocycles. The molecule has 13 heavy (non-hydrogen) atoms. The lowest BCUT2D eigenvalue weighted by atomic mass is 9.95. The van der Waals surface area contributed by atoms with Gasteiger partial charge in [-0.05, 0) is 38.5 Å². The van der Waals surface area contributed by atoms with Gasteiger partial charge in [0.15, 0.2) is 0 Å². The van der Waals surface area contributed by atoms with Crippen molar-refractivity contribution in [1.29, 1.82) is 0 Å². The number of nitrogens with zero attached hydrogens (tertiary/aromatic N) is 1. The summed E-state index contributed by atoms with van der Waals surface area (Å²) in [6.07, 6.45) is 3.25. The van der Waals surface area contributed by atoms with Crippen molar-refractivity contribution >= 4 is 5.91 Å². The van der Waals surface area contributed by atoms with Crippen LogP contribution >= 0.6 is 0 Å². The molecule has 1 aliphatic heterocycles. The first-order valence-electron chi connectivity index (χ1n) is 5.40. The first kappa shape index (κ1) is 9.04. The van der Waals surface area contributed by atoms with Crippen LogP contribution in [0.1, 0.15) is 40.0 Å². The number of carbonyl (C=O) groups is 1. The summed E-state index contributed by atoms with van der Waals surface area (Å²) in [4.78, 5) is 13.8. The van der Waals surface area contributed by atoms with Gasteiger partial charge >= 0.3 is 0 Å². The van der Waals surface area contributed by atoms with E-state index < -0.39 is 0 Å². The van der Waals surface area contributed by atoms with E-state index in [1.807, 2.05) is 0 Å². The van der Waals surface area contributed by atoms with Crippen LogP contribution in [0.2, 0.25) is 0 Å². The maximum absolute atomic E-state index is 11.8. The van der Waals surface area contributed by atoms with Crippen LogP contribution < -0.4 is 0 Å². The third kappa shape index (κ3) is 1.59. The van der Waals surface area contributed by atoms with Crippen LogP contribution in [0.25, 0.3) is 0 Å². The highest BCUT2D eigenvalue weighted by atomic mass is 16.2. The van der Waals surface area contributed by atoms with Gasteiger partial charge in [-0.25, -0.2) is 0 Å². The Morgan fingerprint density at radius 1 is 1.23 bits per heavy atom. The van der Waals surface area contributed by atoms with Crippen molar-refractivity contribution in [2.24, 2.45) is 11.8 Å². The maximum atomic E-state index is 11.8. The fourth-order valence-corrected chi connectivity index (χ4v) is 2.52. The van der Waals surface area contributed by atoms with E-state index in [-0.39, 0.29) is 0 Å². The summed E-state index contributed by atoms with van der Waals surface area (Å²) in [7, 11) is 0. The monoisotopic (exact) mass is 181 g/mol. The molecule has 0 N–H and O–H groups in total. The number of carbonyl (C=O) groups excluding carboxylic acids is 1. The van der Waals surface area contributed by atoms with Crippen molar-refractivity contribution in [3.05, 3.63) is 0 Å². The van der Waals surface area contributed by atoms with E-state index >= 15 is 0 Å². The van der Waals surface area contributed by atoms with E-state index in [9.17, 15) is 4.79 Å². The SMILES string of the molecule is CC1CC1CC(=O)N1C(C)CC1C. The molecule has 2 aliphatic rings. The zero-order valence-electron chi connectivity index (χ0n) is 8.79. The number of likely N-dealkylation sites (tertiary alicyclic amines) is 1. The van der Waals surface area contributed by atoms with Gasteiger partial charge in [0, 0.05) is 18.5 Å².